The minimum absolute atomic E-state index is 0.00714. The SMILES string of the molecule is Cc1ccccc1CC(=O)OCC(=O)N1CCCc2cc([N+](=O)[O-])ccc21. The van der Waals surface area contributed by atoms with E-state index >= 15 is 0 Å². The Morgan fingerprint density at radius 2 is 2.00 bits per heavy atom. The highest BCUT2D eigenvalue weighted by Gasteiger charge is 2.25. The van der Waals surface area contributed by atoms with Gasteiger partial charge in [-0.1, -0.05) is 24.3 Å². The van der Waals surface area contributed by atoms with Crippen molar-refractivity contribution in [3.8, 4) is 0 Å². The fraction of sp³-hybridized carbons (Fsp3) is 0.300. The summed E-state index contributed by atoms with van der Waals surface area (Å²) in [4.78, 5) is 36.6. The topological polar surface area (TPSA) is 89.8 Å². The summed E-state index contributed by atoms with van der Waals surface area (Å²) in [6, 6.07) is 12.0. The summed E-state index contributed by atoms with van der Waals surface area (Å²) in [6.07, 6.45) is 1.49. The lowest BCUT2D eigenvalue weighted by Crippen LogP contribution is -2.38. The molecule has 0 spiro atoms. The molecule has 140 valence electrons. The Balaban J connectivity index is 1.63. The number of anilines is 1. The molecule has 2 aromatic carbocycles. The van der Waals surface area contributed by atoms with Gasteiger partial charge in [0.15, 0.2) is 6.61 Å². The van der Waals surface area contributed by atoms with Gasteiger partial charge in [-0.2, -0.15) is 0 Å². The lowest BCUT2D eigenvalue weighted by atomic mass is 10.0. The van der Waals surface area contributed by atoms with Crippen molar-refractivity contribution >= 4 is 23.3 Å². The second kappa shape index (κ2) is 7.99. The van der Waals surface area contributed by atoms with E-state index in [-0.39, 0.29) is 24.6 Å². The molecule has 0 fully saturated rings. The molecule has 0 N–H and O–H groups in total. The van der Waals surface area contributed by atoms with Gasteiger partial charge in [-0.15, -0.1) is 0 Å². The van der Waals surface area contributed by atoms with Crippen molar-refractivity contribution in [3.63, 3.8) is 0 Å². The van der Waals surface area contributed by atoms with Gasteiger partial charge in [0, 0.05) is 24.4 Å². The molecule has 7 heteroatoms. The molecule has 0 aromatic heterocycles. The highest BCUT2D eigenvalue weighted by atomic mass is 16.6. The summed E-state index contributed by atoms with van der Waals surface area (Å²) >= 11 is 0. The van der Waals surface area contributed by atoms with E-state index < -0.39 is 10.9 Å². The van der Waals surface area contributed by atoms with E-state index in [1.165, 1.54) is 17.0 Å². The van der Waals surface area contributed by atoms with Gasteiger partial charge in [-0.25, -0.2) is 0 Å². The van der Waals surface area contributed by atoms with Crippen LogP contribution < -0.4 is 4.90 Å². The molecule has 0 bridgehead atoms. The first-order chi connectivity index (χ1) is 13.0. The number of rotatable bonds is 5. The molecule has 7 nitrogen and oxygen atoms in total. The van der Waals surface area contributed by atoms with Crippen molar-refractivity contribution in [3.05, 3.63) is 69.3 Å². The Morgan fingerprint density at radius 3 is 2.74 bits per heavy atom. The summed E-state index contributed by atoms with van der Waals surface area (Å²) in [7, 11) is 0. The standard InChI is InChI=1S/C20H20N2O5/c1-14-5-2-3-6-15(14)12-20(24)27-13-19(23)21-10-4-7-16-11-17(22(25)26)8-9-18(16)21/h2-3,5-6,8-9,11H,4,7,10,12-13H2,1H3. The molecular formula is C20H20N2O5. The van der Waals surface area contributed by atoms with E-state index in [4.69, 9.17) is 4.74 Å². The third-order valence-electron chi connectivity index (χ3n) is 4.65. The third-order valence-corrected chi connectivity index (χ3v) is 4.65. The number of nitro groups is 1. The van der Waals surface area contributed by atoms with Gasteiger partial charge >= 0.3 is 5.97 Å². The van der Waals surface area contributed by atoms with Crippen molar-refractivity contribution in [2.45, 2.75) is 26.2 Å². The maximum absolute atomic E-state index is 12.5. The average molecular weight is 368 g/mol. The van der Waals surface area contributed by atoms with Crippen LogP contribution in [-0.4, -0.2) is 30.0 Å². The number of esters is 1. The normalized spacial score (nSPS) is 13.0. The number of hydrogen-bond donors (Lipinski definition) is 0. The molecule has 27 heavy (non-hydrogen) atoms. The maximum Gasteiger partial charge on any atom is 0.310 e. The van der Waals surface area contributed by atoms with Crippen LogP contribution in [-0.2, 0) is 27.2 Å². The van der Waals surface area contributed by atoms with Crippen molar-refractivity contribution in [2.75, 3.05) is 18.1 Å². The number of carbonyl (C=O) groups is 2. The minimum atomic E-state index is -0.460. The molecule has 1 amide bonds. The number of nitro benzene ring substituents is 1. The van der Waals surface area contributed by atoms with Crippen LogP contribution in [0.15, 0.2) is 42.5 Å². The largest absolute Gasteiger partial charge is 0.455 e. The van der Waals surface area contributed by atoms with Gasteiger partial charge in [0.2, 0.25) is 0 Å². The quantitative estimate of drug-likeness (QED) is 0.460. The van der Waals surface area contributed by atoms with Crippen LogP contribution in [0.25, 0.3) is 0 Å². The van der Waals surface area contributed by atoms with E-state index in [2.05, 4.69) is 0 Å². The first-order valence-corrected chi connectivity index (χ1v) is 8.73. The molecule has 0 saturated carbocycles. The van der Waals surface area contributed by atoms with Crippen LogP contribution in [0.3, 0.4) is 0 Å². The molecule has 0 aliphatic carbocycles. The second-order valence-electron chi connectivity index (χ2n) is 6.48. The van der Waals surface area contributed by atoms with Gasteiger partial charge < -0.3 is 9.64 Å². The van der Waals surface area contributed by atoms with Gasteiger partial charge in [0.25, 0.3) is 11.6 Å². The fourth-order valence-electron chi connectivity index (χ4n) is 3.19. The molecule has 1 aliphatic rings. The predicted molar refractivity (Wildman–Crippen MR) is 99.6 cm³/mol. The highest BCUT2D eigenvalue weighted by Crippen LogP contribution is 2.30. The Labute approximate surface area is 156 Å². The Bertz CT molecular complexity index is 894. The number of fused-ring (bicyclic) bond motifs is 1. The van der Waals surface area contributed by atoms with E-state index in [0.717, 1.165) is 16.7 Å². The van der Waals surface area contributed by atoms with Crippen LogP contribution in [0.1, 0.15) is 23.1 Å². The van der Waals surface area contributed by atoms with Crippen LogP contribution >= 0.6 is 0 Å². The zero-order valence-corrected chi connectivity index (χ0v) is 15.0. The molecular weight excluding hydrogens is 348 g/mol. The van der Waals surface area contributed by atoms with Crippen LogP contribution in [0.5, 0.6) is 0 Å². The van der Waals surface area contributed by atoms with Crippen molar-refractivity contribution in [1.82, 2.24) is 0 Å². The van der Waals surface area contributed by atoms with Crippen LogP contribution in [0.4, 0.5) is 11.4 Å². The number of ether oxygens (including phenoxy) is 1. The number of carbonyl (C=O) groups excluding carboxylic acids is 2. The van der Waals surface area contributed by atoms with Crippen molar-refractivity contribution < 1.29 is 19.2 Å². The molecule has 0 saturated heterocycles. The van der Waals surface area contributed by atoms with Crippen molar-refractivity contribution in [1.29, 1.82) is 0 Å². The minimum Gasteiger partial charge on any atom is -0.455 e. The molecule has 3 rings (SSSR count). The Hall–Kier alpha value is -3.22. The fourth-order valence-corrected chi connectivity index (χ4v) is 3.19. The van der Waals surface area contributed by atoms with Gasteiger partial charge in [0.1, 0.15) is 0 Å². The Kier molecular flexibility index (Phi) is 5.49. The molecule has 2 aromatic rings. The zero-order valence-electron chi connectivity index (χ0n) is 15.0. The number of non-ortho nitro benzene ring substituents is 1. The van der Waals surface area contributed by atoms with Crippen LogP contribution in [0.2, 0.25) is 0 Å². The molecule has 1 heterocycles. The van der Waals surface area contributed by atoms with E-state index in [0.29, 0.717) is 25.1 Å². The number of nitrogens with zero attached hydrogens (tertiary/aromatic N) is 2. The average Bonchev–Trinajstić information content (AvgIpc) is 2.67. The summed E-state index contributed by atoms with van der Waals surface area (Å²) in [5, 5.41) is 10.9. The first kappa shape index (κ1) is 18.6. The number of hydrogen-bond acceptors (Lipinski definition) is 5. The molecule has 0 unspecified atom stereocenters. The van der Waals surface area contributed by atoms with Gasteiger partial charge in [-0.3, -0.25) is 19.7 Å². The van der Waals surface area contributed by atoms with Gasteiger partial charge in [0.05, 0.1) is 11.3 Å². The summed E-state index contributed by atoms with van der Waals surface area (Å²) < 4.78 is 5.15. The maximum atomic E-state index is 12.5. The molecule has 0 atom stereocenters. The molecule has 1 aliphatic heterocycles. The zero-order chi connectivity index (χ0) is 19.4. The smallest absolute Gasteiger partial charge is 0.310 e. The number of benzene rings is 2. The second-order valence-corrected chi connectivity index (χ2v) is 6.48. The van der Waals surface area contributed by atoms with E-state index in [1.807, 2.05) is 31.2 Å². The summed E-state index contributed by atoms with van der Waals surface area (Å²) in [5.41, 5.74) is 3.27. The summed E-state index contributed by atoms with van der Waals surface area (Å²) in [5.74, 6) is -0.790. The monoisotopic (exact) mass is 368 g/mol. The summed E-state index contributed by atoms with van der Waals surface area (Å²) in [6.45, 7) is 2.07. The lowest BCUT2D eigenvalue weighted by molar-refractivity contribution is -0.384. The van der Waals surface area contributed by atoms with Gasteiger partial charge in [-0.05, 0) is 42.5 Å². The van der Waals surface area contributed by atoms with Crippen LogP contribution in [0, 0.1) is 17.0 Å². The van der Waals surface area contributed by atoms with E-state index in [1.54, 1.807) is 6.07 Å². The lowest BCUT2D eigenvalue weighted by Gasteiger charge is -2.29. The molecule has 0 radical (unpaired) electrons. The predicted octanol–water partition coefficient (Wildman–Crippen LogP) is 2.97. The Morgan fingerprint density at radius 1 is 1.22 bits per heavy atom. The number of amides is 1. The third kappa shape index (κ3) is 4.31. The number of aryl methyl sites for hydroxylation is 2. The van der Waals surface area contributed by atoms with Crippen molar-refractivity contribution in [2.24, 2.45) is 0 Å². The highest BCUT2D eigenvalue weighted by molar-refractivity contribution is 5.96. The first-order valence-electron chi connectivity index (χ1n) is 8.73. The van der Waals surface area contributed by atoms with E-state index in [9.17, 15) is 19.7 Å².